The molecule has 0 aliphatic carbocycles. The Hall–Kier alpha value is -0.610. The normalized spacial score (nSPS) is 30.2. The predicted octanol–water partition coefficient (Wildman–Crippen LogP) is 1.70. The zero-order chi connectivity index (χ0) is 13.7. The number of nitrogens with one attached hydrogen (secondary N) is 2. The van der Waals surface area contributed by atoms with Gasteiger partial charge in [0, 0.05) is 25.8 Å². The van der Waals surface area contributed by atoms with Gasteiger partial charge in [0.15, 0.2) is 0 Å². The van der Waals surface area contributed by atoms with E-state index in [0.717, 1.165) is 58.4 Å². The van der Waals surface area contributed by atoms with Gasteiger partial charge >= 0.3 is 0 Å². The molecule has 0 aromatic carbocycles. The van der Waals surface area contributed by atoms with Crippen LogP contribution < -0.4 is 10.6 Å². The fraction of sp³-hybridized carbons (Fsp3) is 0.933. The number of carbonyl (C=O) groups excluding carboxylic acids is 1. The molecule has 1 amide bonds. The molecule has 2 fully saturated rings. The largest absolute Gasteiger partial charge is 0.381 e. The molecule has 19 heavy (non-hydrogen) atoms. The molecule has 2 N–H and O–H groups in total. The minimum Gasteiger partial charge on any atom is -0.381 e. The van der Waals surface area contributed by atoms with Crippen LogP contribution in [0.4, 0.5) is 0 Å². The third kappa shape index (κ3) is 3.48. The van der Waals surface area contributed by atoms with Gasteiger partial charge in [0.05, 0.1) is 5.41 Å². The zero-order valence-electron chi connectivity index (χ0n) is 12.3. The van der Waals surface area contributed by atoms with Gasteiger partial charge in [0.1, 0.15) is 0 Å². The maximum absolute atomic E-state index is 12.6. The van der Waals surface area contributed by atoms with Crippen molar-refractivity contribution in [3.8, 4) is 0 Å². The lowest BCUT2D eigenvalue weighted by Gasteiger charge is -2.33. The van der Waals surface area contributed by atoms with E-state index in [9.17, 15) is 4.79 Å². The van der Waals surface area contributed by atoms with Crippen LogP contribution in [0.25, 0.3) is 0 Å². The number of hydrogen-bond donors (Lipinski definition) is 2. The standard InChI is InChI=1S/C15H28N2O2/c1-3-6-15(7-8-16-11-15)14(18)17-12(2)13-4-9-19-10-5-13/h12-13,16H,3-11H2,1-2H3,(H,17,18). The van der Waals surface area contributed by atoms with Crippen molar-refractivity contribution in [1.82, 2.24) is 10.6 Å². The van der Waals surface area contributed by atoms with E-state index in [1.165, 1.54) is 0 Å². The molecule has 0 aromatic rings. The van der Waals surface area contributed by atoms with Gasteiger partial charge in [-0.05, 0) is 45.1 Å². The Morgan fingerprint density at radius 2 is 2.21 bits per heavy atom. The molecule has 0 bridgehead atoms. The van der Waals surface area contributed by atoms with Crippen molar-refractivity contribution >= 4 is 5.91 Å². The van der Waals surface area contributed by atoms with E-state index in [2.05, 4.69) is 24.5 Å². The van der Waals surface area contributed by atoms with Crippen molar-refractivity contribution in [2.24, 2.45) is 11.3 Å². The summed E-state index contributed by atoms with van der Waals surface area (Å²) >= 11 is 0. The van der Waals surface area contributed by atoms with Crippen molar-refractivity contribution < 1.29 is 9.53 Å². The summed E-state index contributed by atoms with van der Waals surface area (Å²) in [7, 11) is 0. The van der Waals surface area contributed by atoms with Crippen LogP contribution in [-0.2, 0) is 9.53 Å². The second-order valence-electron chi connectivity index (χ2n) is 6.17. The monoisotopic (exact) mass is 268 g/mol. The maximum Gasteiger partial charge on any atom is 0.227 e. The van der Waals surface area contributed by atoms with E-state index in [0.29, 0.717) is 5.92 Å². The molecule has 2 aliphatic rings. The van der Waals surface area contributed by atoms with Crippen LogP contribution in [0.5, 0.6) is 0 Å². The summed E-state index contributed by atoms with van der Waals surface area (Å²) in [5, 5.41) is 6.63. The highest BCUT2D eigenvalue weighted by Gasteiger charge is 2.41. The third-order valence-electron chi connectivity index (χ3n) is 4.79. The van der Waals surface area contributed by atoms with Crippen LogP contribution in [0.3, 0.4) is 0 Å². The van der Waals surface area contributed by atoms with E-state index in [-0.39, 0.29) is 17.4 Å². The smallest absolute Gasteiger partial charge is 0.227 e. The number of rotatable bonds is 5. The van der Waals surface area contributed by atoms with Crippen LogP contribution in [0.2, 0.25) is 0 Å². The molecule has 110 valence electrons. The quantitative estimate of drug-likeness (QED) is 0.798. The second kappa shape index (κ2) is 6.71. The Morgan fingerprint density at radius 3 is 2.79 bits per heavy atom. The summed E-state index contributed by atoms with van der Waals surface area (Å²) in [5.41, 5.74) is -0.159. The summed E-state index contributed by atoms with van der Waals surface area (Å²) in [6.45, 7) is 7.80. The van der Waals surface area contributed by atoms with Gasteiger partial charge in [0.25, 0.3) is 0 Å². The van der Waals surface area contributed by atoms with Crippen molar-refractivity contribution in [1.29, 1.82) is 0 Å². The second-order valence-corrected chi connectivity index (χ2v) is 6.17. The molecule has 2 heterocycles. The first-order chi connectivity index (χ1) is 9.18. The molecule has 2 saturated heterocycles. The van der Waals surface area contributed by atoms with E-state index < -0.39 is 0 Å². The summed E-state index contributed by atoms with van der Waals surface area (Å²) in [4.78, 5) is 12.6. The molecule has 2 atom stereocenters. The highest BCUT2D eigenvalue weighted by molar-refractivity contribution is 5.83. The lowest BCUT2D eigenvalue weighted by molar-refractivity contribution is -0.131. The van der Waals surface area contributed by atoms with Gasteiger partial charge in [-0.15, -0.1) is 0 Å². The van der Waals surface area contributed by atoms with Crippen LogP contribution in [-0.4, -0.2) is 38.3 Å². The Kier molecular flexibility index (Phi) is 5.22. The van der Waals surface area contributed by atoms with Gasteiger partial charge in [-0.25, -0.2) is 0 Å². The Balaban J connectivity index is 1.90. The minimum atomic E-state index is -0.159. The number of ether oxygens (including phenoxy) is 1. The molecule has 0 saturated carbocycles. The molecule has 0 radical (unpaired) electrons. The minimum absolute atomic E-state index is 0.159. The van der Waals surface area contributed by atoms with Crippen LogP contribution >= 0.6 is 0 Å². The maximum atomic E-state index is 12.6. The molecule has 2 aliphatic heterocycles. The average molecular weight is 268 g/mol. The van der Waals surface area contributed by atoms with E-state index in [1.54, 1.807) is 0 Å². The van der Waals surface area contributed by atoms with Crippen LogP contribution in [0.1, 0.15) is 46.0 Å². The summed E-state index contributed by atoms with van der Waals surface area (Å²) in [6, 6.07) is 0.269. The highest BCUT2D eigenvalue weighted by Crippen LogP contribution is 2.32. The molecule has 2 unspecified atom stereocenters. The first-order valence-corrected chi connectivity index (χ1v) is 7.77. The summed E-state index contributed by atoms with van der Waals surface area (Å²) in [6.07, 6.45) is 5.18. The summed E-state index contributed by atoms with van der Waals surface area (Å²) in [5.74, 6) is 0.837. The first-order valence-electron chi connectivity index (χ1n) is 7.77. The Bertz CT molecular complexity index is 295. The van der Waals surface area contributed by atoms with E-state index >= 15 is 0 Å². The number of carbonyl (C=O) groups is 1. The van der Waals surface area contributed by atoms with Gasteiger partial charge in [-0.1, -0.05) is 13.3 Å². The molecular formula is C15H28N2O2. The topological polar surface area (TPSA) is 50.4 Å². The average Bonchev–Trinajstić information content (AvgIpc) is 2.90. The number of amides is 1. The van der Waals surface area contributed by atoms with Crippen molar-refractivity contribution in [3.63, 3.8) is 0 Å². The SMILES string of the molecule is CCCC1(C(=O)NC(C)C2CCOCC2)CCNC1. The summed E-state index contributed by atoms with van der Waals surface area (Å²) < 4.78 is 5.39. The van der Waals surface area contributed by atoms with Gasteiger partial charge in [-0.3, -0.25) is 4.79 Å². The predicted molar refractivity (Wildman–Crippen MR) is 76.0 cm³/mol. The van der Waals surface area contributed by atoms with E-state index in [4.69, 9.17) is 4.74 Å². The van der Waals surface area contributed by atoms with E-state index in [1.807, 2.05) is 0 Å². The van der Waals surface area contributed by atoms with Gasteiger partial charge in [0.2, 0.25) is 5.91 Å². The number of hydrogen-bond acceptors (Lipinski definition) is 3. The fourth-order valence-electron chi connectivity index (χ4n) is 3.44. The lowest BCUT2D eigenvalue weighted by atomic mass is 9.81. The van der Waals surface area contributed by atoms with Gasteiger partial charge in [-0.2, -0.15) is 0 Å². The Morgan fingerprint density at radius 1 is 1.47 bits per heavy atom. The highest BCUT2D eigenvalue weighted by atomic mass is 16.5. The lowest BCUT2D eigenvalue weighted by Crippen LogP contribution is -2.48. The molecule has 2 rings (SSSR count). The van der Waals surface area contributed by atoms with Gasteiger partial charge < -0.3 is 15.4 Å². The van der Waals surface area contributed by atoms with Crippen molar-refractivity contribution in [2.75, 3.05) is 26.3 Å². The molecule has 0 spiro atoms. The molecule has 4 nitrogen and oxygen atoms in total. The fourth-order valence-corrected chi connectivity index (χ4v) is 3.44. The zero-order valence-corrected chi connectivity index (χ0v) is 12.3. The van der Waals surface area contributed by atoms with Crippen LogP contribution in [0.15, 0.2) is 0 Å². The molecular weight excluding hydrogens is 240 g/mol. The van der Waals surface area contributed by atoms with Crippen molar-refractivity contribution in [2.45, 2.75) is 52.0 Å². The van der Waals surface area contributed by atoms with Crippen LogP contribution in [0, 0.1) is 11.3 Å². The third-order valence-corrected chi connectivity index (χ3v) is 4.79. The first kappa shape index (κ1) is 14.8. The molecule has 0 aromatic heterocycles. The molecule has 4 heteroatoms. The Labute approximate surface area is 116 Å². The van der Waals surface area contributed by atoms with Crippen molar-refractivity contribution in [3.05, 3.63) is 0 Å².